The fraction of sp³-hybridized carbons (Fsp3) is 0.429. The Labute approximate surface area is 137 Å². The first-order valence-corrected chi connectivity index (χ1v) is 7.50. The van der Waals surface area contributed by atoms with Crippen molar-refractivity contribution < 1.29 is 14.3 Å². The number of tetrazole rings is 1. The Kier molecular flexibility index (Phi) is 4.44. The largest absolute Gasteiger partial charge is 0.490 e. The van der Waals surface area contributed by atoms with Gasteiger partial charge in [0.25, 0.3) is 5.91 Å². The van der Waals surface area contributed by atoms with Gasteiger partial charge in [0.2, 0.25) is 0 Å². The summed E-state index contributed by atoms with van der Waals surface area (Å²) in [6.07, 6.45) is 2.86. The van der Waals surface area contributed by atoms with E-state index in [0.29, 0.717) is 42.5 Å². The molecule has 1 saturated carbocycles. The Morgan fingerprint density at radius 3 is 2.87 bits per heavy atom. The molecule has 1 aliphatic rings. The van der Waals surface area contributed by atoms with Crippen LogP contribution in [0.3, 0.4) is 0 Å². The third kappa shape index (κ3) is 3.27. The maximum absolute atomic E-state index is 12.5. The fourth-order valence-corrected chi connectivity index (χ4v) is 2.45. The van der Waals surface area contributed by atoms with E-state index >= 15 is 0 Å². The predicted octanol–water partition coefficient (Wildman–Crippen LogP) is 1.48. The maximum Gasteiger partial charge on any atom is 0.252 e. The number of aromatic nitrogens is 4. The average Bonchev–Trinajstić information content (AvgIpc) is 3.17. The molecule has 1 aliphatic carbocycles. The van der Waals surface area contributed by atoms with Crippen molar-refractivity contribution in [1.29, 1.82) is 0 Å². The van der Waals surface area contributed by atoms with E-state index in [4.69, 9.17) is 21.1 Å². The Hall–Kier alpha value is -2.19. The van der Waals surface area contributed by atoms with Crippen LogP contribution in [0.4, 0.5) is 5.69 Å². The van der Waals surface area contributed by atoms with Crippen LogP contribution in [0.5, 0.6) is 5.75 Å². The number of ether oxygens (including phenoxy) is 2. The van der Waals surface area contributed by atoms with Crippen molar-refractivity contribution in [3.05, 3.63) is 29.5 Å². The van der Waals surface area contributed by atoms with E-state index in [2.05, 4.69) is 20.8 Å². The van der Waals surface area contributed by atoms with Crippen LogP contribution in [0.2, 0.25) is 5.02 Å². The van der Waals surface area contributed by atoms with E-state index in [9.17, 15) is 4.79 Å². The van der Waals surface area contributed by atoms with Crippen LogP contribution in [0.1, 0.15) is 12.8 Å². The first-order valence-electron chi connectivity index (χ1n) is 7.12. The molecule has 0 radical (unpaired) electrons. The van der Waals surface area contributed by atoms with Gasteiger partial charge in [-0.1, -0.05) is 11.6 Å². The van der Waals surface area contributed by atoms with Gasteiger partial charge in [-0.2, -0.15) is 0 Å². The minimum Gasteiger partial charge on any atom is -0.490 e. The van der Waals surface area contributed by atoms with Gasteiger partial charge in [0.15, 0.2) is 0 Å². The molecule has 1 N–H and O–H groups in total. The van der Waals surface area contributed by atoms with Gasteiger partial charge in [0.1, 0.15) is 24.2 Å². The van der Waals surface area contributed by atoms with Crippen molar-refractivity contribution in [1.82, 2.24) is 20.2 Å². The SMILES string of the molecule is COCCOc1ccc(NC(=O)C2(n3cnnn3)CC2)cc1Cl. The lowest BCUT2D eigenvalue weighted by Crippen LogP contribution is -2.33. The van der Waals surface area contributed by atoms with E-state index in [0.717, 1.165) is 0 Å². The third-order valence-corrected chi connectivity index (χ3v) is 3.96. The van der Waals surface area contributed by atoms with E-state index < -0.39 is 5.54 Å². The number of halogens is 1. The lowest BCUT2D eigenvalue weighted by Gasteiger charge is -2.15. The van der Waals surface area contributed by atoms with Crippen LogP contribution < -0.4 is 10.1 Å². The van der Waals surface area contributed by atoms with Crippen LogP contribution in [-0.2, 0) is 15.1 Å². The Balaban J connectivity index is 1.66. The van der Waals surface area contributed by atoms with Gasteiger partial charge in [0, 0.05) is 12.8 Å². The average molecular weight is 338 g/mol. The Bertz CT molecular complexity index is 688. The highest BCUT2D eigenvalue weighted by Crippen LogP contribution is 2.43. The van der Waals surface area contributed by atoms with Crippen molar-refractivity contribution in [3.8, 4) is 5.75 Å². The number of hydrogen-bond donors (Lipinski definition) is 1. The molecule has 1 amide bonds. The number of carbonyl (C=O) groups excluding carboxylic acids is 1. The number of carbonyl (C=O) groups is 1. The van der Waals surface area contributed by atoms with Gasteiger partial charge in [0.05, 0.1) is 11.6 Å². The van der Waals surface area contributed by atoms with Crippen molar-refractivity contribution in [2.45, 2.75) is 18.4 Å². The molecule has 2 aromatic rings. The third-order valence-electron chi connectivity index (χ3n) is 3.67. The van der Waals surface area contributed by atoms with Gasteiger partial charge in [-0.05, 0) is 41.5 Å². The number of hydrogen-bond acceptors (Lipinski definition) is 6. The van der Waals surface area contributed by atoms with Crippen LogP contribution in [0, 0.1) is 0 Å². The number of benzene rings is 1. The fourth-order valence-electron chi connectivity index (χ4n) is 2.21. The van der Waals surface area contributed by atoms with Crippen LogP contribution >= 0.6 is 11.6 Å². The summed E-state index contributed by atoms with van der Waals surface area (Å²) in [4.78, 5) is 12.5. The van der Waals surface area contributed by atoms with Crippen LogP contribution in [0.25, 0.3) is 0 Å². The summed E-state index contributed by atoms with van der Waals surface area (Å²) in [6.45, 7) is 0.883. The van der Waals surface area contributed by atoms with E-state index in [1.54, 1.807) is 25.3 Å². The zero-order chi connectivity index (χ0) is 16.3. The highest BCUT2D eigenvalue weighted by Gasteiger charge is 2.53. The van der Waals surface area contributed by atoms with Gasteiger partial charge < -0.3 is 14.8 Å². The van der Waals surface area contributed by atoms with Crippen molar-refractivity contribution in [2.75, 3.05) is 25.6 Å². The number of nitrogens with one attached hydrogen (secondary N) is 1. The molecule has 0 bridgehead atoms. The summed E-state index contributed by atoms with van der Waals surface area (Å²) >= 11 is 6.17. The highest BCUT2D eigenvalue weighted by atomic mass is 35.5. The maximum atomic E-state index is 12.5. The molecule has 3 rings (SSSR count). The monoisotopic (exact) mass is 337 g/mol. The van der Waals surface area contributed by atoms with E-state index in [1.807, 2.05) is 0 Å². The molecular weight excluding hydrogens is 322 g/mol. The summed E-state index contributed by atoms with van der Waals surface area (Å²) in [6, 6.07) is 5.10. The second-order valence-electron chi connectivity index (χ2n) is 5.23. The summed E-state index contributed by atoms with van der Waals surface area (Å²) in [5.74, 6) is 0.386. The lowest BCUT2D eigenvalue weighted by atomic mass is 10.2. The van der Waals surface area contributed by atoms with Crippen molar-refractivity contribution in [3.63, 3.8) is 0 Å². The number of rotatable bonds is 7. The zero-order valence-corrected chi connectivity index (χ0v) is 13.3. The molecule has 1 aromatic carbocycles. The molecule has 0 unspecified atom stereocenters. The van der Waals surface area contributed by atoms with Gasteiger partial charge in [-0.25, -0.2) is 4.68 Å². The minimum absolute atomic E-state index is 0.158. The van der Waals surface area contributed by atoms with E-state index in [1.165, 1.54) is 11.0 Å². The molecule has 0 aliphatic heterocycles. The summed E-state index contributed by atoms with van der Waals surface area (Å²) in [7, 11) is 1.60. The van der Waals surface area contributed by atoms with Gasteiger partial charge in [-0.3, -0.25) is 4.79 Å². The number of anilines is 1. The highest BCUT2D eigenvalue weighted by molar-refractivity contribution is 6.32. The second kappa shape index (κ2) is 6.51. The molecule has 9 heteroatoms. The molecule has 0 atom stereocenters. The van der Waals surface area contributed by atoms with Crippen LogP contribution in [0.15, 0.2) is 24.5 Å². The number of nitrogens with zero attached hydrogens (tertiary/aromatic N) is 4. The van der Waals surface area contributed by atoms with Gasteiger partial charge >= 0.3 is 0 Å². The molecule has 1 aromatic heterocycles. The summed E-state index contributed by atoms with van der Waals surface area (Å²) < 4.78 is 11.9. The smallest absolute Gasteiger partial charge is 0.252 e. The number of amides is 1. The molecule has 1 heterocycles. The molecule has 0 spiro atoms. The van der Waals surface area contributed by atoms with Gasteiger partial charge in [-0.15, -0.1) is 5.10 Å². The summed E-state index contributed by atoms with van der Waals surface area (Å²) in [5.41, 5.74) is -0.0951. The standard InChI is InChI=1S/C14H16ClN5O3/c1-22-6-7-23-12-3-2-10(8-11(12)15)17-13(21)14(4-5-14)20-9-16-18-19-20/h2-3,8-9H,4-7H2,1H3,(H,17,21). The second-order valence-corrected chi connectivity index (χ2v) is 5.63. The van der Waals surface area contributed by atoms with Crippen molar-refractivity contribution >= 4 is 23.2 Å². The zero-order valence-electron chi connectivity index (χ0n) is 12.5. The van der Waals surface area contributed by atoms with E-state index in [-0.39, 0.29) is 5.91 Å². The molecule has 23 heavy (non-hydrogen) atoms. The predicted molar refractivity (Wildman–Crippen MR) is 82.5 cm³/mol. The molecule has 0 saturated heterocycles. The molecule has 1 fully saturated rings. The normalized spacial score (nSPS) is 15.2. The minimum atomic E-state index is -0.691. The molecule has 122 valence electrons. The first-order chi connectivity index (χ1) is 11.2. The molecular formula is C14H16ClN5O3. The van der Waals surface area contributed by atoms with Crippen LogP contribution in [-0.4, -0.2) is 46.4 Å². The summed E-state index contributed by atoms with van der Waals surface area (Å²) in [5, 5.41) is 14.3. The molecule has 8 nitrogen and oxygen atoms in total. The topological polar surface area (TPSA) is 91.2 Å². The lowest BCUT2D eigenvalue weighted by molar-refractivity contribution is -0.120. The number of methoxy groups -OCH3 is 1. The quantitative estimate of drug-likeness (QED) is 0.769. The first kappa shape index (κ1) is 15.7. The van der Waals surface area contributed by atoms with Crippen molar-refractivity contribution in [2.24, 2.45) is 0 Å². The Morgan fingerprint density at radius 2 is 2.26 bits per heavy atom. The Morgan fingerprint density at radius 1 is 1.43 bits per heavy atom.